The fourth-order valence-corrected chi connectivity index (χ4v) is 3.49. The van der Waals surface area contributed by atoms with E-state index in [4.69, 9.17) is 25.8 Å². The Morgan fingerprint density at radius 1 is 0.839 bits per heavy atom. The van der Waals surface area contributed by atoms with Crippen molar-refractivity contribution in [2.24, 2.45) is 0 Å². The van der Waals surface area contributed by atoms with E-state index in [1.807, 2.05) is 24.3 Å². The van der Waals surface area contributed by atoms with Gasteiger partial charge in [0.1, 0.15) is 6.61 Å². The minimum absolute atomic E-state index is 0. The molecule has 0 heterocycles. The van der Waals surface area contributed by atoms with E-state index in [2.05, 4.69) is 35.6 Å². The zero-order valence-corrected chi connectivity index (χ0v) is 17.8. The lowest BCUT2D eigenvalue weighted by molar-refractivity contribution is 0.0472. The number of carbonyl (C=O) groups is 1. The molecular formula is C25H32ClNO4. The first-order chi connectivity index (χ1) is 14.8. The monoisotopic (exact) mass is 445 g/mol. The number of ether oxygens (including phenoxy) is 3. The summed E-state index contributed by atoms with van der Waals surface area (Å²) in [5.74, 6) is 0.665. The summed E-state index contributed by atoms with van der Waals surface area (Å²) in [6.07, 6.45) is 1.47. The lowest BCUT2D eigenvalue weighted by Crippen LogP contribution is -2.28. The normalized spacial score (nSPS) is 10.7. The summed E-state index contributed by atoms with van der Waals surface area (Å²) in [7, 11) is 0. The van der Waals surface area contributed by atoms with E-state index < -0.39 is 6.09 Å². The van der Waals surface area contributed by atoms with Gasteiger partial charge in [-0.1, -0.05) is 56.0 Å². The summed E-state index contributed by atoms with van der Waals surface area (Å²) in [6.45, 7) is 2.76. The molecule has 0 aliphatic rings. The van der Waals surface area contributed by atoms with Gasteiger partial charge in [0.2, 0.25) is 0 Å². The van der Waals surface area contributed by atoms with Gasteiger partial charge in [-0.3, -0.25) is 0 Å². The molecule has 0 aromatic heterocycles. The maximum atomic E-state index is 12.1. The van der Waals surface area contributed by atoms with Gasteiger partial charge in [0.05, 0.1) is 19.8 Å². The van der Waals surface area contributed by atoms with Crippen molar-refractivity contribution in [3.8, 4) is 0 Å². The second kappa shape index (κ2) is 13.9. The Morgan fingerprint density at radius 2 is 1.45 bits per heavy atom. The zero-order valence-electron chi connectivity index (χ0n) is 17.1. The molecule has 3 aromatic rings. The highest BCUT2D eigenvalue weighted by atomic mass is 35.5. The molecule has 0 aliphatic heterocycles. The summed E-state index contributed by atoms with van der Waals surface area (Å²) in [5.41, 5.74) is 1.02. The van der Waals surface area contributed by atoms with Gasteiger partial charge < -0.3 is 19.5 Å². The average Bonchev–Trinajstić information content (AvgIpc) is 2.78. The number of benzene rings is 3. The molecule has 168 valence electrons. The number of hydrogen-bond acceptors (Lipinski definition) is 4. The smallest absolute Gasteiger partial charge is 0.407 e. The van der Waals surface area contributed by atoms with Gasteiger partial charge >= 0.3 is 6.09 Å². The fraction of sp³-hybridized carbons (Fsp3) is 0.400. The number of rotatable bonds is 12. The van der Waals surface area contributed by atoms with E-state index in [1.165, 1.54) is 0 Å². The maximum absolute atomic E-state index is 12.1. The molecule has 31 heavy (non-hydrogen) atoms. The molecular weight excluding hydrogens is 414 g/mol. The molecule has 0 saturated heterocycles. The second-order valence-corrected chi connectivity index (χ2v) is 7.30. The van der Waals surface area contributed by atoms with Gasteiger partial charge in [-0.05, 0) is 40.5 Å². The van der Waals surface area contributed by atoms with Gasteiger partial charge in [-0.2, -0.15) is 0 Å². The number of hydrogen-bond donors (Lipinski definition) is 1. The molecule has 0 atom stereocenters. The standard InChI is InChI=1S/C24H28ClNO4.CH4/c25-11-5-6-13-28-15-16-29-14-12-26-24(27)30-18-23-21-9-3-1-7-19(21)17-20-8-2-4-10-22(20)23;/h1-4,7-10,17H,5-6,11-16,18H2,(H,26,27);1H4. The molecule has 6 heteroatoms. The van der Waals surface area contributed by atoms with Crippen LogP contribution in [0.4, 0.5) is 4.79 Å². The number of alkyl halides is 1. The van der Waals surface area contributed by atoms with Crippen LogP contribution in [0.3, 0.4) is 0 Å². The minimum atomic E-state index is -0.451. The minimum Gasteiger partial charge on any atom is -0.445 e. The third-order valence-electron chi connectivity index (χ3n) is 4.79. The van der Waals surface area contributed by atoms with Gasteiger partial charge in [0.15, 0.2) is 0 Å². The first kappa shape index (κ1) is 24.9. The highest BCUT2D eigenvalue weighted by Gasteiger charge is 2.10. The van der Waals surface area contributed by atoms with Crippen LogP contribution in [0.1, 0.15) is 25.8 Å². The Kier molecular flexibility index (Phi) is 11.1. The molecule has 0 radical (unpaired) electrons. The van der Waals surface area contributed by atoms with E-state index in [-0.39, 0.29) is 14.0 Å². The van der Waals surface area contributed by atoms with Gasteiger partial charge in [0, 0.05) is 24.6 Å². The summed E-state index contributed by atoms with van der Waals surface area (Å²) < 4.78 is 16.4. The van der Waals surface area contributed by atoms with Crippen LogP contribution < -0.4 is 5.32 Å². The number of carbonyl (C=O) groups excluding carboxylic acids is 1. The van der Waals surface area contributed by atoms with Crippen molar-refractivity contribution in [2.45, 2.75) is 26.9 Å². The Balaban J connectivity index is 0.00000341. The summed E-state index contributed by atoms with van der Waals surface area (Å²) in [6, 6.07) is 18.5. The van der Waals surface area contributed by atoms with Crippen molar-refractivity contribution >= 4 is 39.2 Å². The second-order valence-electron chi connectivity index (χ2n) is 6.92. The number of amides is 1. The van der Waals surface area contributed by atoms with Crippen LogP contribution in [-0.2, 0) is 20.8 Å². The molecule has 1 amide bonds. The van der Waals surface area contributed by atoms with Crippen LogP contribution >= 0.6 is 11.6 Å². The fourth-order valence-electron chi connectivity index (χ4n) is 3.30. The molecule has 0 unspecified atom stereocenters. The Labute approximate surface area is 189 Å². The number of fused-ring (bicyclic) bond motifs is 2. The molecule has 0 bridgehead atoms. The predicted molar refractivity (Wildman–Crippen MR) is 128 cm³/mol. The zero-order chi connectivity index (χ0) is 21.0. The lowest BCUT2D eigenvalue weighted by Gasteiger charge is -2.13. The van der Waals surface area contributed by atoms with Crippen molar-refractivity contribution in [1.82, 2.24) is 5.32 Å². The van der Waals surface area contributed by atoms with Crippen molar-refractivity contribution in [2.75, 3.05) is 38.9 Å². The van der Waals surface area contributed by atoms with Crippen LogP contribution in [0, 0.1) is 0 Å². The van der Waals surface area contributed by atoms with E-state index in [0.717, 1.165) is 39.9 Å². The van der Waals surface area contributed by atoms with Crippen LogP contribution in [0.15, 0.2) is 54.6 Å². The maximum Gasteiger partial charge on any atom is 0.407 e. The van der Waals surface area contributed by atoms with Crippen LogP contribution in [-0.4, -0.2) is 44.9 Å². The number of alkyl carbamates (subject to hydrolysis) is 1. The molecule has 1 N–H and O–H groups in total. The third kappa shape index (κ3) is 7.69. The van der Waals surface area contributed by atoms with E-state index in [0.29, 0.717) is 38.9 Å². The number of halogens is 1. The number of unbranched alkanes of at least 4 members (excludes halogenated alkanes) is 1. The summed E-state index contributed by atoms with van der Waals surface area (Å²) in [5, 5.41) is 7.18. The topological polar surface area (TPSA) is 56.8 Å². The molecule has 3 rings (SSSR count). The summed E-state index contributed by atoms with van der Waals surface area (Å²) >= 11 is 5.61. The van der Waals surface area contributed by atoms with Gasteiger partial charge in [-0.15, -0.1) is 11.6 Å². The van der Waals surface area contributed by atoms with Crippen LogP contribution in [0.5, 0.6) is 0 Å². The summed E-state index contributed by atoms with van der Waals surface area (Å²) in [4.78, 5) is 12.1. The quantitative estimate of drug-likeness (QED) is 0.214. The largest absolute Gasteiger partial charge is 0.445 e. The highest BCUT2D eigenvalue weighted by Crippen LogP contribution is 2.29. The molecule has 0 aliphatic carbocycles. The SMILES string of the molecule is C.O=C(NCCOCCOCCCCCl)OCc1c2ccccc2cc2ccccc12. The van der Waals surface area contributed by atoms with Crippen molar-refractivity contribution < 1.29 is 19.0 Å². The first-order valence-electron chi connectivity index (χ1n) is 10.3. The van der Waals surface area contributed by atoms with E-state index in [1.54, 1.807) is 0 Å². The Bertz CT molecular complexity index is 893. The molecule has 0 fully saturated rings. The predicted octanol–water partition coefficient (Wildman–Crippen LogP) is 5.91. The average molecular weight is 446 g/mol. The first-order valence-corrected chi connectivity index (χ1v) is 10.8. The van der Waals surface area contributed by atoms with E-state index >= 15 is 0 Å². The Morgan fingerprint density at radius 3 is 2.10 bits per heavy atom. The molecule has 0 saturated carbocycles. The van der Waals surface area contributed by atoms with Gasteiger partial charge in [-0.25, -0.2) is 4.79 Å². The Hall–Kier alpha value is -2.34. The lowest BCUT2D eigenvalue weighted by atomic mass is 9.97. The van der Waals surface area contributed by atoms with Crippen molar-refractivity contribution in [1.29, 1.82) is 0 Å². The van der Waals surface area contributed by atoms with Gasteiger partial charge in [0.25, 0.3) is 0 Å². The van der Waals surface area contributed by atoms with Crippen molar-refractivity contribution in [3.05, 3.63) is 60.2 Å². The highest BCUT2D eigenvalue weighted by molar-refractivity contribution is 6.17. The van der Waals surface area contributed by atoms with Crippen molar-refractivity contribution in [3.63, 3.8) is 0 Å². The molecule has 3 aromatic carbocycles. The molecule has 0 spiro atoms. The van der Waals surface area contributed by atoms with Crippen LogP contribution in [0.2, 0.25) is 0 Å². The number of nitrogens with one attached hydrogen (secondary N) is 1. The van der Waals surface area contributed by atoms with Crippen LogP contribution in [0.25, 0.3) is 21.5 Å². The van der Waals surface area contributed by atoms with E-state index in [9.17, 15) is 4.79 Å². The molecule has 5 nitrogen and oxygen atoms in total. The third-order valence-corrected chi connectivity index (χ3v) is 5.06.